The number of hydrogen-bond acceptors (Lipinski definition) is 4. The Kier molecular flexibility index (Phi) is 2.05. The quantitative estimate of drug-likeness (QED) is 0.589. The maximum absolute atomic E-state index is 10.3. The molecule has 1 heterocycles. The topological polar surface area (TPSA) is 61.5 Å². The zero-order valence-electron chi connectivity index (χ0n) is 5.62. The Balaban J connectivity index is 2.40. The molecule has 0 bridgehead atoms. The highest BCUT2D eigenvalue weighted by Gasteiger charge is 2.41. The van der Waals surface area contributed by atoms with E-state index in [1.807, 2.05) is 6.26 Å². The third kappa shape index (κ3) is 1.35. The van der Waals surface area contributed by atoms with Crippen molar-refractivity contribution in [2.24, 2.45) is 5.73 Å². The van der Waals surface area contributed by atoms with Gasteiger partial charge >= 0.3 is 6.09 Å². The van der Waals surface area contributed by atoms with E-state index in [-0.39, 0.29) is 0 Å². The first-order valence-corrected chi connectivity index (χ1v) is 4.02. The second-order valence-corrected chi connectivity index (χ2v) is 3.18. The summed E-state index contributed by atoms with van der Waals surface area (Å²) >= 11 is 1.44. The number of primary amides is 1. The van der Waals surface area contributed by atoms with Crippen LogP contribution >= 0.6 is 11.8 Å². The van der Waals surface area contributed by atoms with Crippen LogP contribution in [0.2, 0.25) is 0 Å². The van der Waals surface area contributed by atoms with Crippen LogP contribution in [0.25, 0.3) is 0 Å². The Morgan fingerprint density at radius 3 is 2.50 bits per heavy atom. The second-order valence-electron chi connectivity index (χ2n) is 2.03. The number of ether oxygens (including phenoxy) is 2. The van der Waals surface area contributed by atoms with Gasteiger partial charge in [0.1, 0.15) is 0 Å². The SMILES string of the molecule is CSC1(OC(N)=O)COC1. The molecule has 4 nitrogen and oxygen atoms in total. The van der Waals surface area contributed by atoms with Gasteiger partial charge in [0.15, 0.2) is 0 Å². The van der Waals surface area contributed by atoms with Crippen molar-refractivity contribution in [2.45, 2.75) is 4.93 Å². The molecule has 0 unspecified atom stereocenters. The van der Waals surface area contributed by atoms with Crippen molar-refractivity contribution in [3.63, 3.8) is 0 Å². The molecule has 0 atom stereocenters. The summed E-state index contributed by atoms with van der Waals surface area (Å²) in [5.41, 5.74) is 4.83. The van der Waals surface area contributed by atoms with Gasteiger partial charge in [-0.05, 0) is 6.26 Å². The molecule has 0 aromatic rings. The maximum atomic E-state index is 10.3. The summed E-state index contributed by atoms with van der Waals surface area (Å²) in [4.78, 5) is 9.80. The summed E-state index contributed by atoms with van der Waals surface area (Å²) in [5.74, 6) is 0. The zero-order valence-corrected chi connectivity index (χ0v) is 6.44. The number of carbonyl (C=O) groups is 1. The number of hydrogen-bond donors (Lipinski definition) is 1. The molecule has 0 saturated carbocycles. The predicted molar refractivity (Wildman–Crippen MR) is 37.7 cm³/mol. The van der Waals surface area contributed by atoms with Gasteiger partial charge in [0.05, 0.1) is 13.2 Å². The smallest absolute Gasteiger partial charge is 0.406 e. The number of rotatable bonds is 2. The summed E-state index contributed by atoms with van der Waals surface area (Å²) in [6.45, 7) is 0.883. The van der Waals surface area contributed by atoms with Crippen LogP contribution in [0.15, 0.2) is 0 Å². The number of thioether (sulfide) groups is 1. The van der Waals surface area contributed by atoms with Crippen molar-refractivity contribution >= 4 is 17.9 Å². The Morgan fingerprint density at radius 1 is 1.80 bits per heavy atom. The van der Waals surface area contributed by atoms with E-state index in [9.17, 15) is 4.79 Å². The highest BCUT2D eigenvalue weighted by Crippen LogP contribution is 2.32. The van der Waals surface area contributed by atoms with Crippen LogP contribution in [0.3, 0.4) is 0 Å². The van der Waals surface area contributed by atoms with E-state index < -0.39 is 11.0 Å². The van der Waals surface area contributed by atoms with Crippen molar-refractivity contribution in [3.05, 3.63) is 0 Å². The van der Waals surface area contributed by atoms with Crippen LogP contribution in [0.4, 0.5) is 4.79 Å². The van der Waals surface area contributed by atoms with Crippen LogP contribution < -0.4 is 5.73 Å². The minimum absolute atomic E-state index is 0.442. The third-order valence-corrected chi connectivity index (χ3v) is 2.37. The summed E-state index contributed by atoms with van der Waals surface area (Å²) in [6.07, 6.45) is 1.11. The fourth-order valence-corrected chi connectivity index (χ4v) is 1.24. The molecular formula is C5H9NO3S. The Hall–Kier alpha value is -0.420. The number of amides is 1. The van der Waals surface area contributed by atoms with Crippen molar-refractivity contribution in [1.82, 2.24) is 0 Å². The van der Waals surface area contributed by atoms with Crippen molar-refractivity contribution < 1.29 is 14.3 Å². The van der Waals surface area contributed by atoms with Crippen LogP contribution in [-0.4, -0.2) is 30.5 Å². The molecule has 1 saturated heterocycles. The summed E-state index contributed by atoms with van der Waals surface area (Å²) in [5, 5.41) is 0. The van der Waals surface area contributed by atoms with E-state index in [0.717, 1.165) is 0 Å². The van der Waals surface area contributed by atoms with Crippen LogP contribution in [0.5, 0.6) is 0 Å². The second kappa shape index (κ2) is 2.67. The van der Waals surface area contributed by atoms with Crippen molar-refractivity contribution in [2.75, 3.05) is 19.5 Å². The van der Waals surface area contributed by atoms with Crippen LogP contribution in [0.1, 0.15) is 0 Å². The van der Waals surface area contributed by atoms with E-state index in [2.05, 4.69) is 0 Å². The first-order chi connectivity index (χ1) is 4.68. The van der Waals surface area contributed by atoms with Gasteiger partial charge in [-0.15, -0.1) is 11.8 Å². The molecule has 1 fully saturated rings. The molecule has 0 aromatic carbocycles. The van der Waals surface area contributed by atoms with Gasteiger partial charge < -0.3 is 15.2 Å². The van der Waals surface area contributed by atoms with Gasteiger partial charge in [-0.1, -0.05) is 0 Å². The maximum Gasteiger partial charge on any atom is 0.406 e. The molecule has 58 valence electrons. The number of nitrogens with two attached hydrogens (primary N) is 1. The minimum atomic E-state index is -0.738. The normalized spacial score (nSPS) is 21.3. The fraction of sp³-hybridized carbons (Fsp3) is 0.800. The predicted octanol–water partition coefficient (Wildman–Crippen LogP) is 0.171. The molecule has 0 radical (unpaired) electrons. The first kappa shape index (κ1) is 7.68. The summed E-state index contributed by atoms with van der Waals surface area (Å²) in [6, 6.07) is 0. The lowest BCUT2D eigenvalue weighted by molar-refractivity contribution is -0.119. The lowest BCUT2D eigenvalue weighted by Gasteiger charge is -2.37. The summed E-state index contributed by atoms with van der Waals surface area (Å²) < 4.78 is 9.68. The largest absolute Gasteiger partial charge is 0.427 e. The van der Waals surface area contributed by atoms with Gasteiger partial charge in [-0.2, -0.15) is 0 Å². The lowest BCUT2D eigenvalue weighted by Crippen LogP contribution is -2.50. The van der Waals surface area contributed by atoms with E-state index in [0.29, 0.717) is 13.2 Å². The van der Waals surface area contributed by atoms with Gasteiger partial charge in [0.25, 0.3) is 0 Å². The van der Waals surface area contributed by atoms with Crippen LogP contribution in [-0.2, 0) is 9.47 Å². The Morgan fingerprint density at radius 2 is 2.40 bits per heavy atom. The van der Waals surface area contributed by atoms with Gasteiger partial charge in [-0.25, -0.2) is 4.79 Å². The van der Waals surface area contributed by atoms with E-state index in [4.69, 9.17) is 15.2 Å². The van der Waals surface area contributed by atoms with E-state index >= 15 is 0 Å². The van der Waals surface area contributed by atoms with E-state index in [1.165, 1.54) is 11.8 Å². The monoisotopic (exact) mass is 163 g/mol. The molecule has 1 rings (SSSR count). The molecule has 2 N–H and O–H groups in total. The molecule has 5 heteroatoms. The molecule has 0 spiro atoms. The van der Waals surface area contributed by atoms with Gasteiger partial charge in [0, 0.05) is 0 Å². The summed E-state index contributed by atoms with van der Waals surface area (Å²) in [7, 11) is 0. The first-order valence-electron chi connectivity index (χ1n) is 2.80. The molecule has 1 aliphatic rings. The van der Waals surface area contributed by atoms with Crippen molar-refractivity contribution in [3.8, 4) is 0 Å². The number of carbonyl (C=O) groups excluding carboxylic acids is 1. The average Bonchev–Trinajstić information content (AvgIpc) is 1.78. The molecule has 0 aliphatic carbocycles. The van der Waals surface area contributed by atoms with Crippen molar-refractivity contribution in [1.29, 1.82) is 0 Å². The molecule has 1 aliphatic heterocycles. The molecule has 0 aromatic heterocycles. The zero-order chi connectivity index (χ0) is 7.61. The Bertz CT molecular complexity index is 140. The third-order valence-electron chi connectivity index (χ3n) is 1.30. The van der Waals surface area contributed by atoms with Gasteiger partial charge in [-0.3, -0.25) is 0 Å². The fourth-order valence-electron chi connectivity index (χ4n) is 0.670. The lowest BCUT2D eigenvalue weighted by atomic mass is 10.3. The average molecular weight is 163 g/mol. The Labute approximate surface area is 63.0 Å². The minimum Gasteiger partial charge on any atom is -0.427 e. The van der Waals surface area contributed by atoms with Gasteiger partial charge in [0.2, 0.25) is 4.93 Å². The highest BCUT2D eigenvalue weighted by molar-refractivity contribution is 7.99. The highest BCUT2D eigenvalue weighted by atomic mass is 32.2. The van der Waals surface area contributed by atoms with E-state index in [1.54, 1.807) is 0 Å². The molecular weight excluding hydrogens is 154 g/mol. The standard InChI is InChI=1S/C5H9NO3S/c1-10-5(2-8-3-5)9-4(6)7/h2-3H2,1H3,(H2,6,7). The van der Waals surface area contributed by atoms with Crippen LogP contribution in [0, 0.1) is 0 Å². The molecule has 10 heavy (non-hydrogen) atoms. The molecule has 1 amide bonds.